The number of anilines is 2. The molecule has 0 saturated carbocycles. The lowest BCUT2D eigenvalue weighted by atomic mass is 10.1. The van der Waals surface area contributed by atoms with E-state index >= 15 is 0 Å². The first kappa shape index (κ1) is 17.4. The van der Waals surface area contributed by atoms with Gasteiger partial charge in [-0.2, -0.15) is 0 Å². The molecule has 27 heavy (non-hydrogen) atoms. The Bertz CT molecular complexity index is 925. The number of carbonyl (C=O) groups is 1. The van der Waals surface area contributed by atoms with Crippen molar-refractivity contribution < 1.29 is 9.53 Å². The molecule has 0 aliphatic carbocycles. The third-order valence-corrected chi connectivity index (χ3v) is 5.03. The summed E-state index contributed by atoms with van der Waals surface area (Å²) in [5.41, 5.74) is 2.00. The van der Waals surface area contributed by atoms with E-state index in [2.05, 4.69) is 22.3 Å². The maximum absolute atomic E-state index is 12.5. The van der Waals surface area contributed by atoms with Gasteiger partial charge < -0.3 is 15.0 Å². The predicted molar refractivity (Wildman–Crippen MR) is 111 cm³/mol. The lowest BCUT2D eigenvalue weighted by Gasteiger charge is -2.19. The van der Waals surface area contributed by atoms with E-state index in [9.17, 15) is 4.79 Å². The minimum atomic E-state index is -0.589. The summed E-state index contributed by atoms with van der Waals surface area (Å²) in [6.45, 7) is 4.00. The van der Waals surface area contributed by atoms with Gasteiger partial charge in [0.25, 0.3) is 5.91 Å². The molecular formula is C23H24N2O2. The number of benzene rings is 3. The van der Waals surface area contributed by atoms with Gasteiger partial charge in [0.15, 0.2) is 6.10 Å². The lowest BCUT2D eigenvalue weighted by Crippen LogP contribution is -2.30. The molecule has 1 aliphatic rings. The Kier molecular flexibility index (Phi) is 4.97. The Labute approximate surface area is 159 Å². The Hall–Kier alpha value is -3.01. The molecule has 1 N–H and O–H groups in total. The van der Waals surface area contributed by atoms with Crippen LogP contribution in [0.2, 0.25) is 0 Å². The van der Waals surface area contributed by atoms with Crippen molar-refractivity contribution in [3.8, 4) is 5.75 Å². The number of nitrogens with one attached hydrogen (secondary N) is 1. The summed E-state index contributed by atoms with van der Waals surface area (Å²) in [5, 5.41) is 5.05. The van der Waals surface area contributed by atoms with Crippen molar-refractivity contribution in [2.75, 3.05) is 23.3 Å². The summed E-state index contributed by atoms with van der Waals surface area (Å²) >= 11 is 0. The SMILES string of the molecule is C[C@H](Oc1cccc2ccccc12)C(=O)Nc1ccc(N2CCCC2)cc1. The molecule has 0 unspecified atom stereocenters. The Balaban J connectivity index is 1.41. The molecule has 0 aromatic heterocycles. The van der Waals surface area contributed by atoms with Crippen LogP contribution < -0.4 is 15.0 Å². The van der Waals surface area contributed by atoms with E-state index in [0.29, 0.717) is 0 Å². The van der Waals surface area contributed by atoms with Crippen LogP contribution in [0.25, 0.3) is 10.8 Å². The quantitative estimate of drug-likeness (QED) is 0.707. The third-order valence-electron chi connectivity index (χ3n) is 5.03. The third kappa shape index (κ3) is 3.90. The van der Waals surface area contributed by atoms with Crippen LogP contribution in [0.5, 0.6) is 5.75 Å². The van der Waals surface area contributed by atoms with Crippen LogP contribution in [0, 0.1) is 0 Å². The van der Waals surface area contributed by atoms with Gasteiger partial charge in [-0.3, -0.25) is 4.79 Å². The molecule has 4 rings (SSSR count). The summed E-state index contributed by atoms with van der Waals surface area (Å²) in [5.74, 6) is 0.567. The molecule has 0 radical (unpaired) electrons. The van der Waals surface area contributed by atoms with Gasteiger partial charge in [-0.25, -0.2) is 0 Å². The molecule has 1 amide bonds. The molecular weight excluding hydrogens is 336 g/mol. The average Bonchev–Trinajstić information content (AvgIpc) is 3.23. The second-order valence-corrected chi connectivity index (χ2v) is 6.97. The summed E-state index contributed by atoms with van der Waals surface area (Å²) in [6.07, 6.45) is 1.91. The zero-order valence-corrected chi connectivity index (χ0v) is 15.5. The van der Waals surface area contributed by atoms with Crippen molar-refractivity contribution in [2.45, 2.75) is 25.9 Å². The fourth-order valence-electron chi connectivity index (χ4n) is 3.52. The van der Waals surface area contributed by atoms with E-state index < -0.39 is 6.10 Å². The minimum Gasteiger partial charge on any atom is -0.480 e. The van der Waals surface area contributed by atoms with Crippen molar-refractivity contribution in [3.63, 3.8) is 0 Å². The first-order valence-corrected chi connectivity index (χ1v) is 9.51. The van der Waals surface area contributed by atoms with Gasteiger partial charge in [-0.1, -0.05) is 36.4 Å². The maximum atomic E-state index is 12.5. The molecule has 3 aromatic rings. The average molecular weight is 360 g/mol. The standard InChI is InChI=1S/C23H24N2O2/c1-17(27-22-10-6-8-18-7-2-3-9-21(18)22)23(26)24-19-11-13-20(14-12-19)25-15-4-5-16-25/h2-3,6-14,17H,4-5,15-16H2,1H3,(H,24,26)/t17-/m0/s1. The van der Waals surface area contributed by atoms with Gasteiger partial charge in [0.2, 0.25) is 0 Å². The van der Waals surface area contributed by atoms with Crippen molar-refractivity contribution >= 4 is 28.1 Å². The van der Waals surface area contributed by atoms with E-state index in [0.717, 1.165) is 35.3 Å². The number of carbonyl (C=O) groups excluding carboxylic acids is 1. The minimum absolute atomic E-state index is 0.156. The van der Waals surface area contributed by atoms with E-state index in [1.807, 2.05) is 54.6 Å². The number of amides is 1. The van der Waals surface area contributed by atoms with Crippen LogP contribution in [0.4, 0.5) is 11.4 Å². The molecule has 1 fully saturated rings. The molecule has 4 heteroatoms. The van der Waals surface area contributed by atoms with Crippen LogP contribution in [-0.2, 0) is 4.79 Å². The van der Waals surface area contributed by atoms with Crippen LogP contribution in [-0.4, -0.2) is 25.1 Å². The van der Waals surface area contributed by atoms with Gasteiger partial charge in [0, 0.05) is 29.9 Å². The molecule has 4 nitrogen and oxygen atoms in total. The van der Waals surface area contributed by atoms with E-state index in [-0.39, 0.29) is 5.91 Å². The number of hydrogen-bond acceptors (Lipinski definition) is 3. The molecule has 138 valence electrons. The number of nitrogens with zero attached hydrogens (tertiary/aromatic N) is 1. The maximum Gasteiger partial charge on any atom is 0.265 e. The van der Waals surface area contributed by atoms with Crippen LogP contribution in [0.15, 0.2) is 66.7 Å². The number of ether oxygens (including phenoxy) is 1. The number of rotatable bonds is 5. The molecule has 1 saturated heterocycles. The van der Waals surface area contributed by atoms with Gasteiger partial charge in [0.1, 0.15) is 5.75 Å². The van der Waals surface area contributed by atoms with Crippen molar-refractivity contribution in [2.24, 2.45) is 0 Å². The zero-order valence-electron chi connectivity index (χ0n) is 15.5. The summed E-state index contributed by atoms with van der Waals surface area (Å²) in [6, 6.07) is 21.9. The second kappa shape index (κ2) is 7.70. The summed E-state index contributed by atoms with van der Waals surface area (Å²) < 4.78 is 5.95. The van der Waals surface area contributed by atoms with Gasteiger partial charge in [0.05, 0.1) is 0 Å². The van der Waals surface area contributed by atoms with E-state index in [1.165, 1.54) is 18.5 Å². The van der Waals surface area contributed by atoms with Gasteiger partial charge in [-0.05, 0) is 55.5 Å². The Morgan fingerprint density at radius 2 is 1.67 bits per heavy atom. The monoisotopic (exact) mass is 360 g/mol. The van der Waals surface area contributed by atoms with Crippen molar-refractivity contribution in [1.29, 1.82) is 0 Å². The van der Waals surface area contributed by atoms with Gasteiger partial charge >= 0.3 is 0 Å². The fraction of sp³-hybridized carbons (Fsp3) is 0.261. The predicted octanol–water partition coefficient (Wildman–Crippen LogP) is 4.85. The van der Waals surface area contributed by atoms with Gasteiger partial charge in [-0.15, -0.1) is 0 Å². The highest BCUT2D eigenvalue weighted by molar-refractivity contribution is 5.95. The van der Waals surface area contributed by atoms with Crippen LogP contribution in [0.1, 0.15) is 19.8 Å². The normalized spacial score (nSPS) is 14.9. The highest BCUT2D eigenvalue weighted by atomic mass is 16.5. The van der Waals surface area contributed by atoms with E-state index in [1.54, 1.807) is 6.92 Å². The zero-order chi connectivity index (χ0) is 18.6. The number of hydrogen-bond donors (Lipinski definition) is 1. The van der Waals surface area contributed by atoms with E-state index in [4.69, 9.17) is 4.74 Å². The second-order valence-electron chi connectivity index (χ2n) is 6.97. The highest BCUT2D eigenvalue weighted by Gasteiger charge is 2.17. The molecule has 0 bridgehead atoms. The van der Waals surface area contributed by atoms with Crippen LogP contribution >= 0.6 is 0 Å². The summed E-state index contributed by atoms with van der Waals surface area (Å²) in [4.78, 5) is 14.9. The Morgan fingerprint density at radius 3 is 2.44 bits per heavy atom. The molecule has 1 heterocycles. The fourth-order valence-corrected chi connectivity index (χ4v) is 3.52. The molecule has 1 atom stereocenters. The lowest BCUT2D eigenvalue weighted by molar-refractivity contribution is -0.122. The number of fused-ring (bicyclic) bond motifs is 1. The topological polar surface area (TPSA) is 41.6 Å². The van der Waals surface area contributed by atoms with Crippen LogP contribution in [0.3, 0.4) is 0 Å². The van der Waals surface area contributed by atoms with Crippen molar-refractivity contribution in [1.82, 2.24) is 0 Å². The highest BCUT2D eigenvalue weighted by Crippen LogP contribution is 2.26. The molecule has 1 aliphatic heterocycles. The molecule has 3 aromatic carbocycles. The first-order chi connectivity index (χ1) is 13.2. The first-order valence-electron chi connectivity index (χ1n) is 9.51. The summed E-state index contributed by atoms with van der Waals surface area (Å²) in [7, 11) is 0. The largest absolute Gasteiger partial charge is 0.480 e. The Morgan fingerprint density at radius 1 is 0.963 bits per heavy atom. The molecule has 0 spiro atoms. The smallest absolute Gasteiger partial charge is 0.265 e. The van der Waals surface area contributed by atoms with Crippen molar-refractivity contribution in [3.05, 3.63) is 66.7 Å².